The van der Waals surface area contributed by atoms with E-state index in [-0.39, 0.29) is 36.1 Å². The molecule has 1 N–H and O–H groups in total. The molecule has 0 fully saturated rings. The van der Waals surface area contributed by atoms with Gasteiger partial charge in [-0.1, -0.05) is 29.8 Å². The Kier molecular flexibility index (Phi) is 8.67. The average molecular weight is 492 g/mol. The lowest BCUT2D eigenvalue weighted by molar-refractivity contribution is -0.118. The van der Waals surface area contributed by atoms with Crippen LogP contribution in [-0.4, -0.2) is 45.1 Å². The van der Waals surface area contributed by atoms with Gasteiger partial charge in [-0.05, 0) is 62.2 Å². The van der Waals surface area contributed by atoms with Crippen LogP contribution >= 0.6 is 0 Å². The molecule has 1 amide bonds. The van der Waals surface area contributed by atoms with Crippen molar-refractivity contribution in [3.05, 3.63) is 82.4 Å². The minimum atomic E-state index is -0.676. The van der Waals surface area contributed by atoms with E-state index in [0.717, 1.165) is 16.7 Å². The molecule has 0 bridgehead atoms. The van der Waals surface area contributed by atoms with Crippen molar-refractivity contribution < 1.29 is 33.3 Å². The van der Waals surface area contributed by atoms with Gasteiger partial charge < -0.3 is 24.3 Å². The Morgan fingerprint density at radius 1 is 0.778 bits per heavy atom. The monoisotopic (exact) mass is 491 g/mol. The zero-order chi connectivity index (χ0) is 26.2. The summed E-state index contributed by atoms with van der Waals surface area (Å²) < 4.78 is 21.4. The predicted octanol–water partition coefficient (Wildman–Crippen LogP) is 4.69. The fourth-order valence-corrected chi connectivity index (χ4v) is 3.90. The molecule has 0 aliphatic carbocycles. The number of ketones is 1. The van der Waals surface area contributed by atoms with E-state index < -0.39 is 11.9 Å². The van der Waals surface area contributed by atoms with Gasteiger partial charge in [0.2, 0.25) is 5.78 Å². The number of esters is 1. The van der Waals surface area contributed by atoms with Crippen molar-refractivity contribution in [3.63, 3.8) is 0 Å². The molecule has 3 aromatic carbocycles. The van der Waals surface area contributed by atoms with Crippen molar-refractivity contribution in [2.45, 2.75) is 20.8 Å². The Labute approximate surface area is 210 Å². The predicted molar refractivity (Wildman–Crippen MR) is 135 cm³/mol. The van der Waals surface area contributed by atoms with Crippen LogP contribution in [0, 0.1) is 20.8 Å². The van der Waals surface area contributed by atoms with Crippen molar-refractivity contribution in [2.24, 2.45) is 0 Å². The molecule has 3 rings (SSSR count). The van der Waals surface area contributed by atoms with E-state index in [1.165, 1.54) is 32.4 Å². The molecular weight excluding hydrogens is 462 g/mol. The molecule has 8 heteroatoms. The highest BCUT2D eigenvalue weighted by Gasteiger charge is 2.18. The van der Waals surface area contributed by atoms with Gasteiger partial charge in [0.15, 0.2) is 24.7 Å². The van der Waals surface area contributed by atoms with Crippen LogP contribution in [0.3, 0.4) is 0 Å². The number of hydrogen-bond acceptors (Lipinski definition) is 7. The van der Waals surface area contributed by atoms with Crippen LogP contribution in [0.25, 0.3) is 0 Å². The second-order valence-electron chi connectivity index (χ2n) is 8.18. The van der Waals surface area contributed by atoms with Gasteiger partial charge in [-0.3, -0.25) is 9.59 Å². The molecule has 0 spiro atoms. The molecule has 0 unspecified atom stereocenters. The van der Waals surface area contributed by atoms with Crippen LogP contribution in [0.15, 0.2) is 54.6 Å². The highest BCUT2D eigenvalue weighted by Crippen LogP contribution is 2.29. The van der Waals surface area contributed by atoms with Gasteiger partial charge in [0.25, 0.3) is 5.91 Å². The van der Waals surface area contributed by atoms with Crippen LogP contribution in [0.5, 0.6) is 17.2 Å². The van der Waals surface area contributed by atoms with Crippen LogP contribution in [-0.2, 0) is 9.53 Å². The van der Waals surface area contributed by atoms with Crippen molar-refractivity contribution in [3.8, 4) is 17.2 Å². The lowest BCUT2D eigenvalue weighted by atomic mass is 9.97. The number of amides is 1. The summed E-state index contributed by atoms with van der Waals surface area (Å²) >= 11 is 0. The van der Waals surface area contributed by atoms with E-state index in [1.807, 2.05) is 32.9 Å². The van der Waals surface area contributed by atoms with Crippen LogP contribution < -0.4 is 19.5 Å². The number of ether oxygens (including phenoxy) is 4. The molecule has 188 valence electrons. The molecule has 0 radical (unpaired) electrons. The smallest absolute Gasteiger partial charge is 0.338 e. The summed E-state index contributed by atoms with van der Waals surface area (Å²) in [7, 11) is 2.93. The molecule has 0 aliphatic heterocycles. The minimum Gasteiger partial charge on any atom is -0.495 e. The zero-order valence-electron chi connectivity index (χ0n) is 21.0. The molecule has 0 saturated carbocycles. The Bertz CT molecular complexity index is 1260. The number of aryl methyl sites for hydroxylation is 3. The number of hydrogen-bond donors (Lipinski definition) is 1. The molecule has 0 saturated heterocycles. The summed E-state index contributed by atoms with van der Waals surface area (Å²) in [6, 6.07) is 15.3. The maximum absolute atomic E-state index is 12.7. The SMILES string of the molecule is COc1ccccc1NC(=O)COc1ccc(C(=O)OCC(=O)c2c(C)cc(C)cc2C)cc1OC. The Morgan fingerprint density at radius 2 is 1.44 bits per heavy atom. The molecule has 3 aromatic rings. The first-order chi connectivity index (χ1) is 17.2. The van der Waals surface area contributed by atoms with Gasteiger partial charge >= 0.3 is 5.97 Å². The van der Waals surface area contributed by atoms with E-state index >= 15 is 0 Å². The third-order valence-corrected chi connectivity index (χ3v) is 5.43. The normalized spacial score (nSPS) is 10.4. The molecule has 8 nitrogen and oxygen atoms in total. The number of carbonyl (C=O) groups is 3. The number of carbonyl (C=O) groups excluding carboxylic acids is 3. The Morgan fingerprint density at radius 3 is 2.11 bits per heavy atom. The molecule has 0 aromatic heterocycles. The van der Waals surface area contributed by atoms with Gasteiger partial charge in [0, 0.05) is 5.56 Å². The number of benzene rings is 3. The lowest BCUT2D eigenvalue weighted by Gasteiger charge is -2.13. The highest BCUT2D eigenvalue weighted by atomic mass is 16.5. The molecule has 0 aliphatic rings. The minimum absolute atomic E-state index is 0.183. The number of rotatable bonds is 10. The van der Waals surface area contributed by atoms with Gasteiger partial charge in [-0.15, -0.1) is 0 Å². The van der Waals surface area contributed by atoms with Crippen molar-refractivity contribution in [2.75, 3.05) is 32.8 Å². The first-order valence-electron chi connectivity index (χ1n) is 11.2. The maximum Gasteiger partial charge on any atom is 0.338 e. The molecule has 0 heterocycles. The summed E-state index contributed by atoms with van der Waals surface area (Å²) in [6.45, 7) is 5.00. The van der Waals surface area contributed by atoms with Gasteiger partial charge in [0.05, 0.1) is 25.5 Å². The Balaban J connectivity index is 1.61. The topological polar surface area (TPSA) is 100 Å². The fraction of sp³-hybridized carbons (Fsp3) is 0.250. The highest BCUT2D eigenvalue weighted by molar-refractivity contribution is 6.01. The largest absolute Gasteiger partial charge is 0.495 e. The third-order valence-electron chi connectivity index (χ3n) is 5.43. The summed E-state index contributed by atoms with van der Waals surface area (Å²) in [4.78, 5) is 37.6. The van der Waals surface area contributed by atoms with E-state index in [0.29, 0.717) is 17.0 Å². The summed E-state index contributed by atoms with van der Waals surface area (Å²) in [5.41, 5.74) is 4.00. The maximum atomic E-state index is 12.7. The summed E-state index contributed by atoms with van der Waals surface area (Å²) in [5.74, 6) is -0.309. The molecule has 0 atom stereocenters. The third kappa shape index (κ3) is 6.41. The van der Waals surface area contributed by atoms with Crippen molar-refractivity contribution >= 4 is 23.3 Å². The lowest BCUT2D eigenvalue weighted by Crippen LogP contribution is -2.20. The molecular formula is C28H29NO7. The quantitative estimate of drug-likeness (QED) is 0.324. The zero-order valence-corrected chi connectivity index (χ0v) is 21.0. The summed E-state index contributed by atoms with van der Waals surface area (Å²) in [6.07, 6.45) is 0. The van der Waals surface area contributed by atoms with E-state index in [4.69, 9.17) is 18.9 Å². The second-order valence-corrected chi connectivity index (χ2v) is 8.18. The number of anilines is 1. The average Bonchev–Trinajstić information content (AvgIpc) is 2.85. The first-order valence-corrected chi connectivity index (χ1v) is 11.2. The van der Waals surface area contributed by atoms with E-state index in [2.05, 4.69) is 5.32 Å². The van der Waals surface area contributed by atoms with Crippen molar-refractivity contribution in [1.29, 1.82) is 0 Å². The standard InChI is InChI=1S/C28H29NO7/c1-17-12-18(2)27(19(3)13-17)22(30)15-36-28(32)20-10-11-24(25(14-20)34-5)35-16-26(31)29-21-8-6-7-9-23(21)33-4/h6-14H,15-16H2,1-5H3,(H,29,31). The second kappa shape index (κ2) is 11.9. The number of Topliss-reactive ketones (excluding diaryl/α,β-unsaturated/α-hetero) is 1. The van der Waals surface area contributed by atoms with Gasteiger partial charge in [-0.25, -0.2) is 4.79 Å². The number of methoxy groups -OCH3 is 2. The first kappa shape index (κ1) is 26.3. The van der Waals surface area contributed by atoms with Gasteiger partial charge in [-0.2, -0.15) is 0 Å². The molecule has 36 heavy (non-hydrogen) atoms. The van der Waals surface area contributed by atoms with Crippen LogP contribution in [0.1, 0.15) is 37.4 Å². The number of para-hydroxylation sites is 2. The van der Waals surface area contributed by atoms with Crippen LogP contribution in [0.4, 0.5) is 5.69 Å². The Hall–Kier alpha value is -4.33. The van der Waals surface area contributed by atoms with Gasteiger partial charge in [0.1, 0.15) is 5.75 Å². The number of nitrogens with one attached hydrogen (secondary N) is 1. The fourth-order valence-electron chi connectivity index (χ4n) is 3.90. The summed E-state index contributed by atoms with van der Waals surface area (Å²) in [5, 5.41) is 2.71. The van der Waals surface area contributed by atoms with E-state index in [9.17, 15) is 14.4 Å². The van der Waals surface area contributed by atoms with Crippen molar-refractivity contribution in [1.82, 2.24) is 0 Å². The van der Waals surface area contributed by atoms with E-state index in [1.54, 1.807) is 24.3 Å². The van der Waals surface area contributed by atoms with Crippen LogP contribution in [0.2, 0.25) is 0 Å².